The number of alkyl carbamates (subject to hydrolysis) is 1. The van der Waals surface area contributed by atoms with Gasteiger partial charge in [0, 0.05) is 50.0 Å². The largest absolute Gasteiger partial charge is 0.573 e. The Morgan fingerprint density at radius 2 is 1.67 bits per heavy atom. The number of aromatic nitrogens is 3. The number of aliphatic hydroxyl groups excluding tert-OH is 1. The molecule has 0 radical (unpaired) electrons. The highest BCUT2D eigenvalue weighted by Gasteiger charge is 2.39. The molecule has 2 aromatic carbocycles. The second-order valence-corrected chi connectivity index (χ2v) is 17.8. The molecule has 0 spiro atoms. The number of likely N-dealkylation sites (tertiary alicyclic amines) is 1. The van der Waals surface area contributed by atoms with Crippen LogP contribution in [-0.4, -0.2) is 112 Å². The van der Waals surface area contributed by atoms with Gasteiger partial charge in [0.05, 0.1) is 53.3 Å². The number of piperidine rings is 1. The molecule has 64 heavy (non-hydrogen) atoms. The predicted molar refractivity (Wildman–Crippen MR) is 235 cm³/mol. The van der Waals surface area contributed by atoms with E-state index in [0.717, 1.165) is 12.5 Å². The summed E-state index contributed by atoms with van der Waals surface area (Å²) >= 11 is 6.60. The molecule has 19 heteroatoms. The monoisotopic (exact) mass is 910 g/mol. The van der Waals surface area contributed by atoms with Crippen molar-refractivity contribution in [3.05, 3.63) is 77.3 Å². The van der Waals surface area contributed by atoms with E-state index in [1.54, 1.807) is 60.2 Å². The van der Waals surface area contributed by atoms with Gasteiger partial charge in [0.15, 0.2) is 0 Å². The van der Waals surface area contributed by atoms with Gasteiger partial charge in [-0.05, 0) is 74.8 Å². The van der Waals surface area contributed by atoms with Crippen LogP contribution in [0.3, 0.4) is 0 Å². The Kier molecular flexibility index (Phi) is 14.5. The van der Waals surface area contributed by atoms with Crippen LogP contribution in [0.15, 0.2) is 60.9 Å². The Balaban J connectivity index is 1.17. The normalized spacial score (nSPS) is 18.7. The number of amides is 4. The van der Waals surface area contributed by atoms with E-state index >= 15 is 0 Å². The minimum Gasteiger partial charge on any atom is -0.453 e. The van der Waals surface area contributed by atoms with Gasteiger partial charge in [0.25, 0.3) is 5.91 Å². The average Bonchev–Trinajstić information content (AvgIpc) is 3.75. The van der Waals surface area contributed by atoms with Crippen molar-refractivity contribution >= 4 is 46.9 Å². The number of methoxy groups -OCH3 is 1. The second-order valence-electron chi connectivity index (χ2n) is 17.4. The van der Waals surface area contributed by atoms with Gasteiger partial charge in [0.1, 0.15) is 23.4 Å². The molecule has 4 heterocycles. The van der Waals surface area contributed by atoms with E-state index < -0.39 is 41.6 Å². The van der Waals surface area contributed by atoms with E-state index in [-0.39, 0.29) is 58.1 Å². The van der Waals surface area contributed by atoms with Crippen molar-refractivity contribution in [3.8, 4) is 28.1 Å². The lowest BCUT2D eigenvalue weighted by Gasteiger charge is -2.42. The molecule has 2 aliphatic heterocycles. The topological polar surface area (TPSA) is 182 Å². The summed E-state index contributed by atoms with van der Waals surface area (Å²) in [5, 5.41) is 14.8. The maximum Gasteiger partial charge on any atom is 0.573 e. The molecule has 4 amide bonds. The lowest BCUT2D eigenvalue weighted by Crippen LogP contribution is -2.56. The number of hydrogen-bond acceptors (Lipinski definition) is 10. The van der Waals surface area contributed by atoms with E-state index in [9.17, 15) is 37.5 Å². The zero-order chi connectivity index (χ0) is 46.7. The second kappa shape index (κ2) is 19.5. The van der Waals surface area contributed by atoms with Gasteiger partial charge in [-0.15, -0.1) is 13.2 Å². The quantitative estimate of drug-likeness (QED) is 0.110. The SMILES string of the molecule is COC(=O)NC(C(=O)N1CC(C)CCC1c1ncc(-c2ccc(-c3cc(Cl)c(NC(=O)c4ccc(N5CCN(C(=O)C(C)(C)CO)CC5C)nc4)cc3OC(F)(F)F)cc2)[nH]1)C(C)C. The third kappa shape index (κ3) is 10.9. The van der Waals surface area contributed by atoms with Crippen LogP contribution in [0.4, 0.5) is 29.5 Å². The Hall–Kier alpha value is -5.88. The van der Waals surface area contributed by atoms with Crippen molar-refractivity contribution in [3.63, 3.8) is 0 Å². The number of pyridine rings is 1. The van der Waals surface area contributed by atoms with E-state index in [4.69, 9.17) is 16.3 Å². The standard InChI is InChI=1S/C45H54ClF3N8O7/c1-25(2)38(54-43(62)63-7)41(60)57-22-26(3)8-14-35(57)39-51-21-34(52-39)29-11-9-28(10-12-29)31-18-32(46)33(19-36(31)64-45(47,48)49)53-40(59)30-13-15-37(50-20-30)56-17-16-55(23-27(56)4)42(61)44(5,6)24-58/h9-13,15,18-21,25-27,35,38,58H,8,14,16-17,22-24H2,1-7H3,(H,51,52)(H,53,59)(H,54,62). The smallest absolute Gasteiger partial charge is 0.453 e. The number of nitrogens with zero attached hydrogens (tertiary/aromatic N) is 5. The van der Waals surface area contributed by atoms with Crippen LogP contribution < -0.4 is 20.3 Å². The van der Waals surface area contributed by atoms with Crippen molar-refractivity contribution in [2.24, 2.45) is 17.3 Å². The van der Waals surface area contributed by atoms with Crippen LogP contribution in [0.25, 0.3) is 22.4 Å². The number of ether oxygens (including phenoxy) is 2. The van der Waals surface area contributed by atoms with Crippen LogP contribution in [0.5, 0.6) is 5.75 Å². The number of imidazole rings is 1. The summed E-state index contributed by atoms with van der Waals surface area (Å²) in [6.45, 7) is 12.6. The predicted octanol–water partition coefficient (Wildman–Crippen LogP) is 7.68. The maximum absolute atomic E-state index is 13.9. The molecular weight excluding hydrogens is 857 g/mol. The highest BCUT2D eigenvalue weighted by atomic mass is 35.5. The molecule has 2 saturated heterocycles. The van der Waals surface area contributed by atoms with Gasteiger partial charge < -0.3 is 44.9 Å². The summed E-state index contributed by atoms with van der Waals surface area (Å²) in [5.41, 5.74) is 0.744. The molecule has 344 valence electrons. The number of alkyl halides is 3. The number of piperazine rings is 1. The van der Waals surface area contributed by atoms with E-state index in [1.807, 2.05) is 25.7 Å². The molecule has 4 atom stereocenters. The minimum absolute atomic E-state index is 0.0183. The molecule has 2 aliphatic rings. The Labute approximate surface area is 374 Å². The third-order valence-electron chi connectivity index (χ3n) is 11.6. The first kappa shape index (κ1) is 47.6. The van der Waals surface area contributed by atoms with Gasteiger partial charge in [-0.1, -0.05) is 56.6 Å². The number of aromatic amines is 1. The van der Waals surface area contributed by atoms with Crippen molar-refractivity contribution < 1.29 is 46.9 Å². The van der Waals surface area contributed by atoms with Gasteiger partial charge in [-0.2, -0.15) is 0 Å². The van der Waals surface area contributed by atoms with E-state index in [0.29, 0.717) is 61.1 Å². The molecule has 4 unspecified atom stereocenters. The molecule has 6 rings (SSSR count). The number of carbonyl (C=O) groups is 4. The number of benzene rings is 2. The van der Waals surface area contributed by atoms with Crippen LogP contribution in [0.1, 0.15) is 76.6 Å². The van der Waals surface area contributed by atoms with E-state index in [1.165, 1.54) is 25.4 Å². The summed E-state index contributed by atoms with van der Waals surface area (Å²) in [4.78, 5) is 70.0. The summed E-state index contributed by atoms with van der Waals surface area (Å²) < 4.78 is 50.6. The lowest BCUT2D eigenvalue weighted by atomic mass is 9.91. The van der Waals surface area contributed by atoms with Crippen LogP contribution >= 0.6 is 11.6 Å². The molecule has 2 fully saturated rings. The number of H-pyrrole nitrogens is 1. The van der Waals surface area contributed by atoms with Crippen LogP contribution in [0.2, 0.25) is 5.02 Å². The number of rotatable bonds is 12. The number of aliphatic hydroxyl groups is 1. The van der Waals surface area contributed by atoms with Crippen molar-refractivity contribution in [2.75, 3.05) is 50.1 Å². The summed E-state index contributed by atoms with van der Waals surface area (Å²) in [6.07, 6.45) is -1.31. The third-order valence-corrected chi connectivity index (χ3v) is 12.0. The first-order valence-corrected chi connectivity index (χ1v) is 21.4. The Morgan fingerprint density at radius 3 is 2.28 bits per heavy atom. The van der Waals surface area contributed by atoms with Gasteiger partial charge >= 0.3 is 12.5 Å². The Bertz CT molecular complexity index is 2320. The fourth-order valence-electron chi connectivity index (χ4n) is 7.99. The molecule has 0 saturated carbocycles. The highest BCUT2D eigenvalue weighted by molar-refractivity contribution is 6.34. The summed E-state index contributed by atoms with van der Waals surface area (Å²) in [6, 6.07) is 10.8. The number of anilines is 2. The first-order chi connectivity index (χ1) is 30.2. The molecule has 0 bridgehead atoms. The minimum atomic E-state index is -5.07. The summed E-state index contributed by atoms with van der Waals surface area (Å²) in [7, 11) is 1.24. The fraction of sp³-hybridized carbons (Fsp3) is 0.467. The first-order valence-electron chi connectivity index (χ1n) is 21.0. The number of halogens is 4. The fourth-order valence-corrected chi connectivity index (χ4v) is 8.20. The van der Waals surface area contributed by atoms with Crippen LogP contribution in [0, 0.1) is 17.3 Å². The van der Waals surface area contributed by atoms with Crippen molar-refractivity contribution in [2.45, 2.75) is 78.9 Å². The zero-order valence-corrected chi connectivity index (χ0v) is 37.5. The molecule has 2 aromatic heterocycles. The van der Waals surface area contributed by atoms with E-state index in [2.05, 4.69) is 37.2 Å². The maximum atomic E-state index is 13.9. The van der Waals surface area contributed by atoms with Crippen LogP contribution in [-0.2, 0) is 14.3 Å². The van der Waals surface area contributed by atoms with Gasteiger partial charge in [-0.25, -0.2) is 14.8 Å². The number of carbonyl (C=O) groups excluding carboxylic acids is 4. The molecule has 4 N–H and O–H groups in total. The highest BCUT2D eigenvalue weighted by Crippen LogP contribution is 2.41. The lowest BCUT2D eigenvalue weighted by molar-refractivity contribution is -0.274. The molecule has 15 nitrogen and oxygen atoms in total. The average molecular weight is 911 g/mol. The zero-order valence-electron chi connectivity index (χ0n) is 36.8. The number of nitrogens with one attached hydrogen (secondary N) is 3. The molecule has 0 aliphatic carbocycles. The molecule has 4 aromatic rings. The Morgan fingerprint density at radius 1 is 0.969 bits per heavy atom. The van der Waals surface area contributed by atoms with Crippen molar-refractivity contribution in [1.82, 2.24) is 30.1 Å². The van der Waals surface area contributed by atoms with Crippen molar-refractivity contribution in [1.29, 1.82) is 0 Å². The number of hydrogen-bond donors (Lipinski definition) is 4. The summed E-state index contributed by atoms with van der Waals surface area (Å²) in [5.74, 6) is -0.507. The molecular formula is C45H54ClF3N8O7. The van der Waals surface area contributed by atoms with Gasteiger partial charge in [0.2, 0.25) is 11.8 Å². The van der Waals surface area contributed by atoms with Gasteiger partial charge in [-0.3, -0.25) is 14.4 Å².